The van der Waals surface area contributed by atoms with Gasteiger partial charge in [0.2, 0.25) is 5.88 Å². The number of hydrogen-bond donors (Lipinski definition) is 2. The summed E-state index contributed by atoms with van der Waals surface area (Å²) in [5.74, 6) is 0.0743. The van der Waals surface area contributed by atoms with Gasteiger partial charge in [0.15, 0.2) is 0 Å². The molecule has 5 heteroatoms. The lowest BCUT2D eigenvalue weighted by atomic mass is 9.70. The van der Waals surface area contributed by atoms with Crippen LogP contribution in [0.2, 0.25) is 0 Å². The van der Waals surface area contributed by atoms with E-state index in [1.165, 1.54) is 0 Å². The van der Waals surface area contributed by atoms with Gasteiger partial charge in [0.1, 0.15) is 5.60 Å². The van der Waals surface area contributed by atoms with Gasteiger partial charge in [0.25, 0.3) is 0 Å². The van der Waals surface area contributed by atoms with Crippen molar-refractivity contribution in [2.75, 3.05) is 33.5 Å². The topological polar surface area (TPSA) is 71.6 Å². The second-order valence-electron chi connectivity index (χ2n) is 10.6. The third-order valence-corrected chi connectivity index (χ3v) is 7.62. The lowest BCUT2D eigenvalue weighted by molar-refractivity contribution is 0.00821. The summed E-state index contributed by atoms with van der Waals surface area (Å²) in [5.41, 5.74) is 9.15. The van der Waals surface area contributed by atoms with E-state index in [2.05, 4.69) is 61.5 Å². The molecule has 0 amide bonds. The lowest BCUT2D eigenvalue weighted by Crippen LogP contribution is -2.35. The zero-order valence-electron chi connectivity index (χ0n) is 23.0. The molecule has 0 spiro atoms. The van der Waals surface area contributed by atoms with Gasteiger partial charge in [-0.1, -0.05) is 72.8 Å². The fraction of sp³-hybridized carbons (Fsp3) is 0.265. The molecule has 0 aliphatic carbocycles. The van der Waals surface area contributed by atoms with Gasteiger partial charge in [0.05, 0.1) is 12.6 Å². The lowest BCUT2D eigenvalue weighted by Gasteiger charge is -2.39. The Labute approximate surface area is 230 Å². The van der Waals surface area contributed by atoms with Gasteiger partial charge in [-0.05, 0) is 86.1 Å². The molecule has 0 aliphatic rings. The molecule has 4 aromatic carbocycles. The molecule has 39 heavy (non-hydrogen) atoms. The molecule has 5 aromatic rings. The number of nitrogens with zero attached hydrogens (tertiary/aromatic N) is 2. The largest absolute Gasteiger partial charge is 0.481 e. The minimum Gasteiger partial charge on any atom is -0.481 e. The summed E-state index contributed by atoms with van der Waals surface area (Å²) in [6.07, 6.45) is 2.41. The second-order valence-corrected chi connectivity index (χ2v) is 10.6. The first-order valence-corrected chi connectivity index (χ1v) is 13.5. The molecular weight excluding hydrogens is 482 g/mol. The molecule has 2 atom stereocenters. The first-order chi connectivity index (χ1) is 18.9. The highest BCUT2D eigenvalue weighted by Gasteiger charge is 2.42. The maximum absolute atomic E-state index is 13.1. The Morgan fingerprint density at radius 1 is 0.872 bits per heavy atom. The van der Waals surface area contributed by atoms with Crippen LogP contribution in [0.5, 0.6) is 5.88 Å². The maximum Gasteiger partial charge on any atom is 0.217 e. The summed E-state index contributed by atoms with van der Waals surface area (Å²) >= 11 is 0. The Morgan fingerprint density at radius 3 is 2.38 bits per heavy atom. The minimum absolute atomic E-state index is 0.433. The molecule has 0 saturated carbocycles. The third kappa shape index (κ3) is 5.47. The maximum atomic E-state index is 13.1. The van der Waals surface area contributed by atoms with E-state index in [0.29, 0.717) is 18.0 Å². The van der Waals surface area contributed by atoms with Gasteiger partial charge in [-0.3, -0.25) is 0 Å². The Bertz CT molecular complexity index is 1560. The molecule has 0 bridgehead atoms. The first kappa shape index (κ1) is 26.7. The summed E-state index contributed by atoms with van der Waals surface area (Å²) < 4.78 is 5.90. The van der Waals surface area contributed by atoms with Crippen molar-refractivity contribution in [2.45, 2.75) is 30.8 Å². The number of aliphatic hydroxyl groups is 1. The predicted octanol–water partition coefficient (Wildman–Crippen LogP) is 6.73. The second kappa shape index (κ2) is 11.4. The van der Waals surface area contributed by atoms with Crippen molar-refractivity contribution in [1.29, 1.82) is 0 Å². The number of rotatable bonds is 10. The van der Waals surface area contributed by atoms with Crippen molar-refractivity contribution >= 4 is 27.4 Å². The van der Waals surface area contributed by atoms with E-state index in [1.807, 2.05) is 54.6 Å². The molecule has 1 aromatic heterocycles. The highest BCUT2D eigenvalue weighted by Crippen LogP contribution is 2.49. The summed E-state index contributed by atoms with van der Waals surface area (Å²) in [6.45, 7) is 0.960. The van der Waals surface area contributed by atoms with Crippen molar-refractivity contribution in [3.63, 3.8) is 0 Å². The smallest absolute Gasteiger partial charge is 0.217 e. The SMILES string of the molecule is COc1nc2ccc(N)cc2cc1C(c1ccccc1)C(O)(CCCCN(C)C)c1cccc2ccccc12. The standard InChI is InChI=1S/C34H37N3O2/c1-37(2)21-10-9-20-34(38,30-17-11-15-24-12-7-8-16-28(24)30)32(25-13-5-4-6-14-25)29-23-26-22-27(35)18-19-31(26)36-33(29)39-3/h4-8,11-19,22-23,32,38H,9-10,20-21,35H2,1-3H3. The van der Waals surface area contributed by atoms with Crippen LogP contribution in [0.25, 0.3) is 21.7 Å². The molecule has 200 valence electrons. The van der Waals surface area contributed by atoms with E-state index >= 15 is 0 Å². The number of fused-ring (bicyclic) bond motifs is 2. The van der Waals surface area contributed by atoms with Gasteiger partial charge in [-0.2, -0.15) is 0 Å². The van der Waals surface area contributed by atoms with E-state index in [0.717, 1.165) is 57.8 Å². The Balaban J connectivity index is 1.78. The Morgan fingerprint density at radius 2 is 1.62 bits per heavy atom. The van der Waals surface area contributed by atoms with Gasteiger partial charge in [0, 0.05) is 22.6 Å². The van der Waals surface area contributed by atoms with E-state index in [1.54, 1.807) is 7.11 Å². The van der Waals surface area contributed by atoms with Gasteiger partial charge in [-0.25, -0.2) is 4.98 Å². The monoisotopic (exact) mass is 519 g/mol. The summed E-state index contributed by atoms with van der Waals surface area (Å²) in [7, 11) is 5.81. The van der Waals surface area contributed by atoms with E-state index in [9.17, 15) is 5.11 Å². The molecule has 0 aliphatic heterocycles. The number of pyridine rings is 1. The normalized spacial score (nSPS) is 14.0. The Kier molecular flexibility index (Phi) is 7.82. The first-order valence-electron chi connectivity index (χ1n) is 13.5. The van der Waals surface area contributed by atoms with Crippen LogP contribution in [0.15, 0.2) is 97.1 Å². The number of benzene rings is 4. The van der Waals surface area contributed by atoms with E-state index in [4.69, 9.17) is 15.5 Å². The molecule has 0 radical (unpaired) electrons. The molecule has 1 heterocycles. The van der Waals surface area contributed by atoms with E-state index < -0.39 is 11.5 Å². The van der Waals surface area contributed by atoms with Crippen molar-refractivity contribution in [3.05, 3.63) is 114 Å². The molecule has 3 N–H and O–H groups in total. The number of nitrogen functional groups attached to an aromatic ring is 1. The van der Waals surface area contributed by atoms with Crippen molar-refractivity contribution < 1.29 is 9.84 Å². The molecule has 5 nitrogen and oxygen atoms in total. The van der Waals surface area contributed by atoms with Crippen LogP contribution in [0, 0.1) is 0 Å². The highest BCUT2D eigenvalue weighted by atomic mass is 16.5. The number of hydrogen-bond acceptors (Lipinski definition) is 5. The van der Waals surface area contributed by atoms with Crippen molar-refractivity contribution in [1.82, 2.24) is 9.88 Å². The van der Waals surface area contributed by atoms with E-state index in [-0.39, 0.29) is 0 Å². The number of aromatic nitrogens is 1. The molecular formula is C34H37N3O2. The van der Waals surface area contributed by atoms with Crippen LogP contribution in [0.1, 0.15) is 41.9 Å². The fourth-order valence-corrected chi connectivity index (χ4v) is 5.78. The summed E-state index contributed by atoms with van der Waals surface area (Å²) in [5, 5.41) is 16.2. The zero-order valence-corrected chi connectivity index (χ0v) is 23.0. The van der Waals surface area contributed by atoms with Crippen molar-refractivity contribution in [3.8, 4) is 5.88 Å². The number of methoxy groups -OCH3 is 1. The minimum atomic E-state index is -1.24. The highest BCUT2D eigenvalue weighted by molar-refractivity contribution is 5.87. The Hall–Kier alpha value is -3.93. The number of nitrogens with two attached hydrogens (primary N) is 1. The number of ether oxygens (including phenoxy) is 1. The average molecular weight is 520 g/mol. The molecule has 5 rings (SSSR count). The van der Waals surface area contributed by atoms with Crippen LogP contribution in [0.4, 0.5) is 5.69 Å². The summed E-state index contributed by atoms with van der Waals surface area (Å²) in [6, 6.07) is 32.5. The zero-order chi connectivity index (χ0) is 27.4. The summed E-state index contributed by atoms with van der Waals surface area (Å²) in [4.78, 5) is 7.06. The van der Waals surface area contributed by atoms with Gasteiger partial charge >= 0.3 is 0 Å². The molecule has 2 unspecified atom stereocenters. The third-order valence-electron chi connectivity index (χ3n) is 7.62. The quantitative estimate of drug-likeness (QED) is 0.158. The molecule has 0 fully saturated rings. The average Bonchev–Trinajstić information content (AvgIpc) is 2.95. The molecule has 0 saturated heterocycles. The van der Waals surface area contributed by atoms with Crippen molar-refractivity contribution in [2.24, 2.45) is 0 Å². The number of anilines is 1. The van der Waals surface area contributed by atoms with Crippen LogP contribution >= 0.6 is 0 Å². The predicted molar refractivity (Wildman–Crippen MR) is 161 cm³/mol. The van der Waals surface area contributed by atoms with Crippen LogP contribution in [-0.4, -0.2) is 42.7 Å². The van der Waals surface area contributed by atoms with Crippen LogP contribution in [-0.2, 0) is 5.60 Å². The van der Waals surface area contributed by atoms with Gasteiger partial charge < -0.3 is 20.5 Å². The number of unbranched alkanes of at least 4 members (excludes halogenated alkanes) is 1. The van der Waals surface area contributed by atoms with Crippen LogP contribution < -0.4 is 10.5 Å². The van der Waals surface area contributed by atoms with Crippen LogP contribution in [0.3, 0.4) is 0 Å². The van der Waals surface area contributed by atoms with Gasteiger partial charge in [-0.15, -0.1) is 0 Å². The fourth-order valence-electron chi connectivity index (χ4n) is 5.78.